The van der Waals surface area contributed by atoms with Crippen LogP contribution in [-0.4, -0.2) is 38.7 Å². The normalized spacial score (nSPS) is 10.7. The average molecular weight is 488 g/mol. The predicted octanol–water partition coefficient (Wildman–Crippen LogP) is 4.01. The highest BCUT2D eigenvalue weighted by Crippen LogP contribution is 2.27. The maximum Gasteiger partial charge on any atom is 0.306 e. The van der Waals surface area contributed by atoms with Crippen molar-refractivity contribution in [2.45, 2.75) is 25.8 Å². The number of carboxylic acid groups (broad SMARTS) is 1. The molecule has 0 saturated heterocycles. The summed E-state index contributed by atoms with van der Waals surface area (Å²) >= 11 is 0. The lowest BCUT2D eigenvalue weighted by atomic mass is 10.0. The number of benzene rings is 2. The van der Waals surface area contributed by atoms with E-state index in [1.54, 1.807) is 36.4 Å². The van der Waals surface area contributed by atoms with Gasteiger partial charge in [-0.05, 0) is 53.9 Å². The van der Waals surface area contributed by atoms with Crippen molar-refractivity contribution in [3.8, 4) is 23.1 Å². The number of carbonyl (C=O) groups excluding carboxylic acids is 1. The Kier molecular flexibility index (Phi) is 7.92. The molecule has 9 heteroatoms. The number of pyridine rings is 1. The van der Waals surface area contributed by atoms with Gasteiger partial charge < -0.3 is 24.7 Å². The number of aromatic nitrogens is 2. The van der Waals surface area contributed by atoms with Crippen LogP contribution in [0.3, 0.4) is 0 Å². The second-order valence-electron chi connectivity index (χ2n) is 7.96. The Morgan fingerprint density at radius 1 is 0.972 bits per heavy atom. The minimum atomic E-state index is -0.902. The smallest absolute Gasteiger partial charge is 0.306 e. The standard InChI is InChI=1S/C27H25N3O6/c31-24(32)12-10-18-9-11-21(16-20(18)17-29-25(33)22-8-4-5-14-28-22)35-15-13-23-27(34)36-26(30-23)19-6-2-1-3-7-19/h1-9,11,14,16,34H,10,12-13,15,17H2,(H,29,33)(H,31,32). The summed E-state index contributed by atoms with van der Waals surface area (Å²) in [6.45, 7) is 0.411. The molecule has 0 saturated carbocycles. The van der Waals surface area contributed by atoms with E-state index in [1.807, 2.05) is 30.3 Å². The van der Waals surface area contributed by atoms with E-state index >= 15 is 0 Å². The molecule has 9 nitrogen and oxygen atoms in total. The van der Waals surface area contributed by atoms with Gasteiger partial charge in [0.05, 0.1) is 6.61 Å². The molecular formula is C27H25N3O6. The maximum absolute atomic E-state index is 12.4. The summed E-state index contributed by atoms with van der Waals surface area (Å²) in [6.07, 6.45) is 2.14. The third kappa shape index (κ3) is 6.47. The summed E-state index contributed by atoms with van der Waals surface area (Å²) in [6, 6.07) is 19.7. The summed E-state index contributed by atoms with van der Waals surface area (Å²) in [4.78, 5) is 31.9. The zero-order chi connectivity index (χ0) is 25.3. The van der Waals surface area contributed by atoms with E-state index in [-0.39, 0.29) is 31.4 Å². The van der Waals surface area contributed by atoms with E-state index in [0.717, 1.165) is 16.7 Å². The zero-order valence-corrected chi connectivity index (χ0v) is 19.4. The van der Waals surface area contributed by atoms with Gasteiger partial charge in [-0.3, -0.25) is 14.6 Å². The first-order chi connectivity index (χ1) is 17.5. The molecule has 0 aliphatic heterocycles. The summed E-state index contributed by atoms with van der Waals surface area (Å²) in [7, 11) is 0. The molecule has 4 aromatic rings. The Morgan fingerprint density at radius 3 is 2.53 bits per heavy atom. The number of carboxylic acids is 1. The quantitative estimate of drug-likeness (QED) is 0.289. The fraction of sp³-hybridized carbons (Fsp3) is 0.185. The molecule has 0 unspecified atom stereocenters. The zero-order valence-electron chi connectivity index (χ0n) is 19.4. The van der Waals surface area contributed by atoms with Gasteiger partial charge in [-0.15, -0.1) is 0 Å². The molecule has 36 heavy (non-hydrogen) atoms. The van der Waals surface area contributed by atoms with Gasteiger partial charge in [-0.1, -0.05) is 30.3 Å². The molecular weight excluding hydrogens is 462 g/mol. The van der Waals surface area contributed by atoms with Crippen LogP contribution in [-0.2, 0) is 24.2 Å². The molecule has 0 atom stereocenters. The molecule has 3 N–H and O–H groups in total. The van der Waals surface area contributed by atoms with Crippen molar-refractivity contribution in [2.75, 3.05) is 6.61 Å². The summed E-state index contributed by atoms with van der Waals surface area (Å²) < 4.78 is 11.2. The van der Waals surface area contributed by atoms with Crippen LogP contribution in [0.2, 0.25) is 0 Å². The number of ether oxygens (including phenoxy) is 1. The van der Waals surface area contributed by atoms with E-state index in [1.165, 1.54) is 6.20 Å². The van der Waals surface area contributed by atoms with Crippen LogP contribution in [0.5, 0.6) is 11.7 Å². The highest BCUT2D eigenvalue weighted by Gasteiger charge is 2.15. The SMILES string of the molecule is O=C(O)CCc1ccc(OCCc2nc(-c3ccccc3)oc2O)cc1CNC(=O)c1ccccn1. The van der Waals surface area contributed by atoms with Crippen molar-refractivity contribution in [3.05, 3.63) is 95.4 Å². The molecule has 0 fully saturated rings. The third-order valence-electron chi connectivity index (χ3n) is 5.43. The monoisotopic (exact) mass is 487 g/mol. The predicted molar refractivity (Wildman–Crippen MR) is 131 cm³/mol. The molecule has 0 aliphatic carbocycles. The van der Waals surface area contributed by atoms with Crippen LogP contribution in [0.25, 0.3) is 11.5 Å². The van der Waals surface area contributed by atoms with Crippen LogP contribution in [0, 0.1) is 0 Å². The number of hydrogen-bond donors (Lipinski definition) is 3. The number of nitrogens with one attached hydrogen (secondary N) is 1. The lowest BCUT2D eigenvalue weighted by Crippen LogP contribution is -2.24. The Bertz CT molecular complexity index is 1320. The molecule has 2 aromatic heterocycles. The summed E-state index contributed by atoms with van der Waals surface area (Å²) in [5, 5.41) is 22.0. The van der Waals surface area contributed by atoms with E-state index in [9.17, 15) is 14.7 Å². The van der Waals surface area contributed by atoms with Crippen molar-refractivity contribution in [1.82, 2.24) is 15.3 Å². The van der Waals surface area contributed by atoms with Crippen molar-refractivity contribution in [1.29, 1.82) is 0 Å². The van der Waals surface area contributed by atoms with E-state index in [0.29, 0.717) is 35.9 Å². The molecule has 1 amide bonds. The van der Waals surface area contributed by atoms with Crippen LogP contribution >= 0.6 is 0 Å². The van der Waals surface area contributed by atoms with Crippen LogP contribution in [0.4, 0.5) is 0 Å². The molecule has 2 heterocycles. The second-order valence-corrected chi connectivity index (χ2v) is 7.96. The molecule has 184 valence electrons. The molecule has 4 rings (SSSR count). The molecule has 0 radical (unpaired) electrons. The first kappa shape index (κ1) is 24.5. The first-order valence-corrected chi connectivity index (χ1v) is 11.4. The number of rotatable bonds is 11. The highest BCUT2D eigenvalue weighted by atomic mass is 16.5. The number of hydrogen-bond acceptors (Lipinski definition) is 7. The fourth-order valence-electron chi connectivity index (χ4n) is 3.58. The second kappa shape index (κ2) is 11.7. The molecule has 0 bridgehead atoms. The number of amides is 1. The highest BCUT2D eigenvalue weighted by molar-refractivity contribution is 5.92. The van der Waals surface area contributed by atoms with Gasteiger partial charge in [0.15, 0.2) is 0 Å². The van der Waals surface area contributed by atoms with Gasteiger partial charge >= 0.3 is 11.9 Å². The Labute approximate surface area is 207 Å². The lowest BCUT2D eigenvalue weighted by molar-refractivity contribution is -0.136. The summed E-state index contributed by atoms with van der Waals surface area (Å²) in [5.41, 5.74) is 2.98. The van der Waals surface area contributed by atoms with Gasteiger partial charge in [0.25, 0.3) is 5.91 Å². The van der Waals surface area contributed by atoms with Crippen molar-refractivity contribution in [2.24, 2.45) is 0 Å². The molecule has 2 aromatic carbocycles. The Balaban J connectivity index is 1.41. The largest absolute Gasteiger partial charge is 0.493 e. The topological polar surface area (TPSA) is 135 Å². The number of nitrogens with zero attached hydrogens (tertiary/aromatic N) is 2. The van der Waals surface area contributed by atoms with Gasteiger partial charge in [0.2, 0.25) is 5.89 Å². The number of aromatic hydroxyl groups is 1. The maximum atomic E-state index is 12.4. The van der Waals surface area contributed by atoms with E-state index in [4.69, 9.17) is 14.3 Å². The number of carbonyl (C=O) groups is 2. The number of oxazole rings is 1. The Morgan fingerprint density at radius 2 is 1.78 bits per heavy atom. The summed E-state index contributed by atoms with van der Waals surface area (Å²) in [5.74, 6) is -0.610. The minimum Gasteiger partial charge on any atom is -0.493 e. The van der Waals surface area contributed by atoms with Gasteiger partial charge in [0.1, 0.15) is 17.1 Å². The number of aryl methyl sites for hydroxylation is 1. The van der Waals surface area contributed by atoms with Gasteiger partial charge in [0, 0.05) is 31.1 Å². The van der Waals surface area contributed by atoms with Gasteiger partial charge in [-0.25, -0.2) is 4.98 Å². The van der Waals surface area contributed by atoms with Crippen molar-refractivity contribution in [3.63, 3.8) is 0 Å². The lowest BCUT2D eigenvalue weighted by Gasteiger charge is -2.13. The molecule has 0 spiro atoms. The van der Waals surface area contributed by atoms with Gasteiger partial charge in [-0.2, -0.15) is 0 Å². The fourth-order valence-corrected chi connectivity index (χ4v) is 3.58. The van der Waals surface area contributed by atoms with E-state index < -0.39 is 5.97 Å². The average Bonchev–Trinajstić information content (AvgIpc) is 3.27. The Hall–Kier alpha value is -4.66. The van der Waals surface area contributed by atoms with Crippen LogP contribution in [0.15, 0.2) is 77.3 Å². The van der Waals surface area contributed by atoms with Crippen LogP contribution in [0.1, 0.15) is 33.7 Å². The van der Waals surface area contributed by atoms with Crippen molar-refractivity contribution >= 4 is 11.9 Å². The van der Waals surface area contributed by atoms with E-state index in [2.05, 4.69) is 15.3 Å². The van der Waals surface area contributed by atoms with Crippen LogP contribution < -0.4 is 10.1 Å². The molecule has 0 aliphatic rings. The number of aliphatic carboxylic acids is 1. The van der Waals surface area contributed by atoms with Crippen molar-refractivity contribution < 1.29 is 29.0 Å². The minimum absolute atomic E-state index is 0.0312. The third-order valence-corrected chi connectivity index (χ3v) is 5.43. The first-order valence-electron chi connectivity index (χ1n) is 11.4.